The zero-order valence-electron chi connectivity index (χ0n) is 12.8. The minimum Gasteiger partial charge on any atom is -0.452 e. The molecule has 0 aliphatic heterocycles. The zero-order valence-corrected chi connectivity index (χ0v) is 13.5. The molecule has 3 nitrogen and oxygen atoms in total. The zero-order chi connectivity index (χ0) is 17.4. The van der Waals surface area contributed by atoms with Gasteiger partial charge in [-0.25, -0.2) is 13.2 Å². The van der Waals surface area contributed by atoms with Crippen molar-refractivity contribution in [1.82, 2.24) is 9.78 Å². The Kier molecular flexibility index (Phi) is 4.24. The topological polar surface area (TPSA) is 27.1 Å². The summed E-state index contributed by atoms with van der Waals surface area (Å²) in [6, 6.07) is 6.92. The van der Waals surface area contributed by atoms with Gasteiger partial charge in [-0.2, -0.15) is 5.10 Å². The third-order valence-corrected chi connectivity index (χ3v) is 3.75. The molecule has 124 valence electrons. The lowest BCUT2D eigenvalue weighted by Crippen LogP contribution is -1.97. The van der Waals surface area contributed by atoms with Crippen LogP contribution in [-0.4, -0.2) is 9.78 Å². The summed E-state index contributed by atoms with van der Waals surface area (Å²) in [5.41, 5.74) is 0.940. The fourth-order valence-corrected chi connectivity index (χ4v) is 2.61. The number of benzene rings is 2. The molecule has 0 aliphatic rings. The third kappa shape index (κ3) is 2.97. The number of ether oxygens (including phenoxy) is 1. The third-order valence-electron chi connectivity index (χ3n) is 3.46. The van der Waals surface area contributed by atoms with E-state index in [4.69, 9.17) is 16.3 Å². The van der Waals surface area contributed by atoms with E-state index in [1.807, 2.05) is 0 Å². The molecule has 0 saturated heterocycles. The molecule has 0 radical (unpaired) electrons. The fourth-order valence-electron chi connectivity index (χ4n) is 2.41. The van der Waals surface area contributed by atoms with Gasteiger partial charge in [-0.1, -0.05) is 11.6 Å². The summed E-state index contributed by atoms with van der Waals surface area (Å²) in [5, 5.41) is 4.28. The second-order valence-electron chi connectivity index (χ2n) is 5.19. The lowest BCUT2D eigenvalue weighted by atomic mass is 10.1. The van der Waals surface area contributed by atoms with E-state index in [9.17, 15) is 13.2 Å². The highest BCUT2D eigenvalue weighted by Gasteiger charge is 2.21. The number of halogens is 4. The molecule has 7 heteroatoms. The van der Waals surface area contributed by atoms with Crippen molar-refractivity contribution in [1.29, 1.82) is 0 Å². The Balaban J connectivity index is 2.12. The average molecular weight is 353 g/mol. The maximum atomic E-state index is 14.2. The van der Waals surface area contributed by atoms with Gasteiger partial charge in [-0.15, -0.1) is 0 Å². The van der Waals surface area contributed by atoms with Gasteiger partial charge in [0.15, 0.2) is 5.75 Å². The minimum absolute atomic E-state index is 0.0729. The Bertz CT molecular complexity index is 924. The lowest BCUT2D eigenvalue weighted by Gasteiger charge is -2.11. The molecule has 0 aliphatic carbocycles. The van der Waals surface area contributed by atoms with Crippen LogP contribution in [0.5, 0.6) is 11.5 Å². The number of nitrogens with zero attached hydrogens (tertiary/aromatic N) is 2. The monoisotopic (exact) mass is 352 g/mol. The van der Waals surface area contributed by atoms with Crippen molar-refractivity contribution in [3.8, 4) is 22.8 Å². The van der Waals surface area contributed by atoms with Crippen LogP contribution in [0.4, 0.5) is 13.2 Å². The number of hydrogen-bond acceptors (Lipinski definition) is 2. The van der Waals surface area contributed by atoms with Crippen LogP contribution in [0, 0.1) is 24.4 Å². The largest absolute Gasteiger partial charge is 0.452 e. The van der Waals surface area contributed by atoms with Gasteiger partial charge in [-0.3, -0.25) is 4.68 Å². The van der Waals surface area contributed by atoms with Crippen molar-refractivity contribution in [2.75, 3.05) is 0 Å². The molecule has 0 atom stereocenters. The Morgan fingerprint density at radius 1 is 1.04 bits per heavy atom. The van der Waals surface area contributed by atoms with Crippen molar-refractivity contribution in [2.45, 2.75) is 6.92 Å². The van der Waals surface area contributed by atoms with Gasteiger partial charge < -0.3 is 4.74 Å². The van der Waals surface area contributed by atoms with E-state index in [1.54, 1.807) is 14.0 Å². The van der Waals surface area contributed by atoms with E-state index in [2.05, 4.69) is 5.10 Å². The van der Waals surface area contributed by atoms with E-state index >= 15 is 0 Å². The summed E-state index contributed by atoms with van der Waals surface area (Å²) >= 11 is 5.97. The van der Waals surface area contributed by atoms with Crippen molar-refractivity contribution >= 4 is 11.6 Å². The molecule has 3 aromatic rings. The van der Waals surface area contributed by atoms with Gasteiger partial charge in [0, 0.05) is 18.7 Å². The van der Waals surface area contributed by atoms with Gasteiger partial charge in [0.2, 0.25) is 0 Å². The Morgan fingerprint density at radius 3 is 2.38 bits per heavy atom. The number of aryl methyl sites for hydroxylation is 2. The first-order valence-corrected chi connectivity index (χ1v) is 7.36. The van der Waals surface area contributed by atoms with E-state index in [1.165, 1.54) is 22.9 Å². The quantitative estimate of drug-likeness (QED) is 0.643. The second kappa shape index (κ2) is 6.20. The number of aromatic nitrogens is 2. The minimum atomic E-state index is -0.743. The summed E-state index contributed by atoms with van der Waals surface area (Å²) in [7, 11) is 1.62. The molecule has 0 unspecified atom stereocenters. The smallest absolute Gasteiger partial charge is 0.176 e. The molecule has 0 bridgehead atoms. The van der Waals surface area contributed by atoms with Crippen LogP contribution in [0.15, 0.2) is 36.4 Å². The van der Waals surface area contributed by atoms with Gasteiger partial charge in [0.1, 0.15) is 34.6 Å². The molecule has 2 aromatic carbocycles. The summed E-state index contributed by atoms with van der Waals surface area (Å²) in [6.07, 6.45) is 0. The van der Waals surface area contributed by atoms with Crippen LogP contribution in [0.3, 0.4) is 0 Å². The highest BCUT2D eigenvalue weighted by atomic mass is 35.5. The van der Waals surface area contributed by atoms with E-state index in [0.717, 1.165) is 18.2 Å². The number of rotatable bonds is 3. The van der Waals surface area contributed by atoms with Crippen molar-refractivity contribution in [3.05, 3.63) is 64.6 Å². The van der Waals surface area contributed by atoms with Crippen LogP contribution in [0.2, 0.25) is 5.02 Å². The first-order chi connectivity index (χ1) is 11.4. The molecule has 1 heterocycles. The second-order valence-corrected chi connectivity index (χ2v) is 5.59. The van der Waals surface area contributed by atoms with Crippen LogP contribution < -0.4 is 4.74 Å². The van der Waals surface area contributed by atoms with E-state index < -0.39 is 17.5 Å². The molecule has 0 fully saturated rings. The molecule has 0 spiro atoms. The molecule has 0 N–H and O–H groups in total. The van der Waals surface area contributed by atoms with Gasteiger partial charge in [-0.05, 0) is 37.3 Å². The molecule has 0 saturated carbocycles. The summed E-state index contributed by atoms with van der Waals surface area (Å²) in [4.78, 5) is 0. The van der Waals surface area contributed by atoms with Gasteiger partial charge >= 0.3 is 0 Å². The first-order valence-electron chi connectivity index (χ1n) is 6.98. The molecular formula is C17H12ClF3N2O. The van der Waals surface area contributed by atoms with Crippen LogP contribution in [-0.2, 0) is 7.05 Å². The summed E-state index contributed by atoms with van der Waals surface area (Å²) in [5.74, 6) is -1.46. The Hall–Kier alpha value is -2.47. The molecular weight excluding hydrogens is 341 g/mol. The Morgan fingerprint density at radius 2 is 1.71 bits per heavy atom. The van der Waals surface area contributed by atoms with E-state index in [-0.39, 0.29) is 22.1 Å². The lowest BCUT2D eigenvalue weighted by molar-refractivity contribution is 0.478. The molecule has 24 heavy (non-hydrogen) atoms. The highest BCUT2D eigenvalue weighted by Crippen LogP contribution is 2.39. The normalized spacial score (nSPS) is 10.9. The maximum Gasteiger partial charge on any atom is 0.176 e. The van der Waals surface area contributed by atoms with Crippen molar-refractivity contribution < 1.29 is 17.9 Å². The standard InChI is InChI=1S/C17H12ClF3N2O/c1-9-17(24-15-6-4-10(19)7-13(15)18)16(23(2)22-9)12-5-3-11(20)8-14(12)21/h3-8H,1-2H3. The fraction of sp³-hybridized carbons (Fsp3) is 0.118. The van der Waals surface area contributed by atoms with E-state index in [0.29, 0.717) is 11.4 Å². The maximum absolute atomic E-state index is 14.2. The molecule has 0 amide bonds. The first kappa shape index (κ1) is 16.4. The van der Waals surface area contributed by atoms with Crippen LogP contribution in [0.25, 0.3) is 11.3 Å². The number of hydrogen-bond donors (Lipinski definition) is 0. The van der Waals surface area contributed by atoms with Crippen molar-refractivity contribution in [2.24, 2.45) is 7.05 Å². The van der Waals surface area contributed by atoms with Crippen LogP contribution >= 0.6 is 11.6 Å². The predicted molar refractivity (Wildman–Crippen MR) is 84.8 cm³/mol. The summed E-state index contributed by atoms with van der Waals surface area (Å²) < 4.78 is 47.7. The molecule has 3 rings (SSSR count). The summed E-state index contributed by atoms with van der Waals surface area (Å²) in [6.45, 7) is 1.68. The van der Waals surface area contributed by atoms with Gasteiger partial charge in [0.05, 0.1) is 5.02 Å². The van der Waals surface area contributed by atoms with Crippen LogP contribution in [0.1, 0.15) is 5.69 Å². The van der Waals surface area contributed by atoms with Gasteiger partial charge in [0.25, 0.3) is 0 Å². The molecule has 1 aromatic heterocycles. The average Bonchev–Trinajstić information content (AvgIpc) is 2.76. The Labute approximate surface area is 141 Å². The predicted octanol–water partition coefficient (Wildman–Crippen LogP) is 5.26. The highest BCUT2D eigenvalue weighted by molar-refractivity contribution is 6.32. The van der Waals surface area contributed by atoms with Crippen molar-refractivity contribution in [3.63, 3.8) is 0 Å². The SMILES string of the molecule is Cc1nn(C)c(-c2ccc(F)cc2F)c1Oc1ccc(F)cc1Cl.